The molecule has 2 N–H and O–H groups in total. The van der Waals surface area contributed by atoms with E-state index in [1.807, 2.05) is 17.8 Å². The van der Waals surface area contributed by atoms with Gasteiger partial charge in [0.1, 0.15) is 11.9 Å². The molecule has 0 radical (unpaired) electrons. The molecule has 1 aromatic carbocycles. The van der Waals surface area contributed by atoms with E-state index in [0.29, 0.717) is 53.7 Å². The van der Waals surface area contributed by atoms with Crippen molar-refractivity contribution in [1.82, 2.24) is 9.88 Å². The molecule has 0 bridgehead atoms. The molecule has 1 aliphatic rings. The standard InChI is InChI=1S/C26H31FN2O4S2/c1-33-19-4-5-22-20(15-19)24(18(17-30)16-28-22)21(27)6-7-26(25(31)32)8-10-29(11-9-26)12-14-35-23-3-2-13-34-23/h2-5,13,15-16,21,30H,6-12,14,17H2,1H3,(H,31,32)/t21-/m0/s1. The van der Waals surface area contributed by atoms with Crippen LogP contribution in [0, 0.1) is 5.41 Å². The summed E-state index contributed by atoms with van der Waals surface area (Å²) in [5.74, 6) is 0.700. The third-order valence-electron chi connectivity index (χ3n) is 6.97. The van der Waals surface area contributed by atoms with Crippen molar-refractivity contribution in [3.63, 3.8) is 0 Å². The van der Waals surface area contributed by atoms with Gasteiger partial charge < -0.3 is 19.8 Å². The number of carboxylic acids is 1. The molecule has 0 amide bonds. The van der Waals surface area contributed by atoms with Gasteiger partial charge in [0.2, 0.25) is 0 Å². The molecule has 188 valence electrons. The highest BCUT2D eigenvalue weighted by Crippen LogP contribution is 2.41. The van der Waals surface area contributed by atoms with Crippen LogP contribution < -0.4 is 4.74 Å². The van der Waals surface area contributed by atoms with Gasteiger partial charge in [-0.1, -0.05) is 6.07 Å². The number of alkyl halides is 1. The molecule has 3 heterocycles. The lowest BCUT2D eigenvalue weighted by Gasteiger charge is -2.39. The Morgan fingerprint density at radius 2 is 2.14 bits per heavy atom. The quantitative estimate of drug-likeness (QED) is 0.322. The summed E-state index contributed by atoms with van der Waals surface area (Å²) >= 11 is 3.55. The number of hydrogen-bond donors (Lipinski definition) is 2. The van der Waals surface area contributed by atoms with Gasteiger partial charge in [0.15, 0.2) is 0 Å². The van der Waals surface area contributed by atoms with E-state index in [-0.39, 0.29) is 19.4 Å². The molecule has 0 aliphatic carbocycles. The third-order valence-corrected chi connectivity index (χ3v) is 9.08. The minimum atomic E-state index is -1.41. The molecule has 0 saturated carbocycles. The summed E-state index contributed by atoms with van der Waals surface area (Å²) in [6.07, 6.45) is 1.43. The number of aromatic nitrogens is 1. The van der Waals surface area contributed by atoms with Crippen LogP contribution >= 0.6 is 23.1 Å². The van der Waals surface area contributed by atoms with Crippen molar-refractivity contribution in [3.05, 3.63) is 53.0 Å². The highest BCUT2D eigenvalue weighted by atomic mass is 32.2. The summed E-state index contributed by atoms with van der Waals surface area (Å²) in [5.41, 5.74) is 0.477. The number of thiophene rings is 1. The van der Waals surface area contributed by atoms with E-state index in [1.54, 1.807) is 36.6 Å². The summed E-state index contributed by atoms with van der Waals surface area (Å²) in [5, 5.41) is 22.6. The van der Waals surface area contributed by atoms with Crippen LogP contribution in [0.5, 0.6) is 5.75 Å². The van der Waals surface area contributed by atoms with Gasteiger partial charge >= 0.3 is 5.97 Å². The maximum absolute atomic E-state index is 15.7. The second-order valence-corrected chi connectivity index (χ2v) is 11.3. The van der Waals surface area contributed by atoms with Crippen LogP contribution in [0.2, 0.25) is 0 Å². The number of aliphatic hydroxyl groups is 1. The zero-order valence-electron chi connectivity index (χ0n) is 19.8. The normalized spacial score (nSPS) is 16.9. The van der Waals surface area contributed by atoms with Crippen LogP contribution in [0.15, 0.2) is 46.1 Å². The van der Waals surface area contributed by atoms with E-state index in [0.717, 1.165) is 12.3 Å². The molecule has 1 saturated heterocycles. The molecule has 6 nitrogen and oxygen atoms in total. The highest BCUT2D eigenvalue weighted by molar-refractivity contribution is 8.01. The topological polar surface area (TPSA) is 82.9 Å². The summed E-state index contributed by atoms with van der Waals surface area (Å²) in [7, 11) is 1.54. The number of benzene rings is 1. The number of piperidine rings is 1. The van der Waals surface area contributed by atoms with Gasteiger partial charge in [-0.05, 0) is 68.4 Å². The number of carboxylic acid groups (broad SMARTS) is 1. The summed E-state index contributed by atoms with van der Waals surface area (Å²) in [6.45, 7) is 1.98. The number of carbonyl (C=O) groups is 1. The number of aliphatic carboxylic acids is 1. The van der Waals surface area contributed by atoms with Gasteiger partial charge in [-0.25, -0.2) is 4.39 Å². The Kier molecular flexibility index (Phi) is 8.64. The molecule has 4 rings (SSSR count). The van der Waals surface area contributed by atoms with Crippen LogP contribution in [0.3, 0.4) is 0 Å². The first kappa shape index (κ1) is 25.9. The van der Waals surface area contributed by atoms with Crippen molar-refractivity contribution in [1.29, 1.82) is 0 Å². The number of halogens is 1. The predicted octanol–water partition coefficient (Wildman–Crippen LogP) is 5.55. The Balaban J connectivity index is 1.42. The molecule has 35 heavy (non-hydrogen) atoms. The average molecular weight is 519 g/mol. The molecule has 9 heteroatoms. The zero-order chi connectivity index (χ0) is 24.8. The monoisotopic (exact) mass is 518 g/mol. The van der Waals surface area contributed by atoms with Crippen molar-refractivity contribution >= 4 is 40.0 Å². The number of pyridine rings is 1. The predicted molar refractivity (Wildman–Crippen MR) is 138 cm³/mol. The Morgan fingerprint density at radius 3 is 2.80 bits per heavy atom. The molecule has 3 aromatic rings. The number of nitrogens with zero attached hydrogens (tertiary/aromatic N) is 2. The van der Waals surface area contributed by atoms with Gasteiger partial charge in [-0.3, -0.25) is 9.78 Å². The summed E-state index contributed by atoms with van der Waals surface area (Å²) < 4.78 is 22.3. The maximum atomic E-state index is 15.7. The Labute approximate surface area is 213 Å². The van der Waals surface area contributed by atoms with E-state index in [1.165, 1.54) is 10.4 Å². The average Bonchev–Trinajstić information content (AvgIpc) is 3.40. The molecule has 1 atom stereocenters. The lowest BCUT2D eigenvalue weighted by molar-refractivity contribution is -0.153. The smallest absolute Gasteiger partial charge is 0.309 e. The number of aliphatic hydroxyl groups excluding tert-OH is 1. The van der Waals surface area contributed by atoms with Crippen molar-refractivity contribution < 1.29 is 24.1 Å². The lowest BCUT2D eigenvalue weighted by atomic mass is 9.74. The van der Waals surface area contributed by atoms with Gasteiger partial charge in [0.25, 0.3) is 0 Å². The van der Waals surface area contributed by atoms with Gasteiger partial charge in [-0.2, -0.15) is 0 Å². The maximum Gasteiger partial charge on any atom is 0.309 e. The van der Waals surface area contributed by atoms with Crippen LogP contribution in [0.4, 0.5) is 4.39 Å². The van der Waals surface area contributed by atoms with Crippen LogP contribution in [-0.2, 0) is 11.4 Å². The molecule has 2 aromatic heterocycles. The Bertz CT molecular complexity index is 1130. The number of ether oxygens (including phenoxy) is 1. The number of likely N-dealkylation sites (tertiary alicyclic amines) is 1. The van der Waals surface area contributed by atoms with Gasteiger partial charge in [-0.15, -0.1) is 23.1 Å². The van der Waals surface area contributed by atoms with E-state index in [9.17, 15) is 15.0 Å². The summed E-state index contributed by atoms with van der Waals surface area (Å²) in [4.78, 5) is 18.9. The molecule has 1 aliphatic heterocycles. The molecular weight excluding hydrogens is 487 g/mol. The van der Waals surface area contributed by atoms with Crippen LogP contribution in [-0.4, -0.2) is 58.6 Å². The van der Waals surface area contributed by atoms with Crippen molar-refractivity contribution in [2.75, 3.05) is 32.5 Å². The second-order valence-electron chi connectivity index (χ2n) is 8.95. The first-order valence-corrected chi connectivity index (χ1v) is 13.6. The first-order valence-electron chi connectivity index (χ1n) is 11.8. The van der Waals surface area contributed by atoms with Gasteiger partial charge in [0.05, 0.1) is 28.9 Å². The number of rotatable bonds is 11. The van der Waals surface area contributed by atoms with Gasteiger partial charge in [0, 0.05) is 35.0 Å². The second kappa shape index (κ2) is 11.7. The van der Waals surface area contributed by atoms with E-state index in [4.69, 9.17) is 4.74 Å². The molecule has 1 fully saturated rings. The van der Waals surface area contributed by atoms with Crippen molar-refractivity contribution in [2.45, 2.75) is 42.7 Å². The number of methoxy groups -OCH3 is 1. The molecular formula is C26H31FN2O4S2. The third kappa shape index (κ3) is 5.97. The van der Waals surface area contributed by atoms with Crippen molar-refractivity contribution in [2.24, 2.45) is 5.41 Å². The van der Waals surface area contributed by atoms with E-state index < -0.39 is 17.6 Å². The first-order chi connectivity index (χ1) is 17.0. The fourth-order valence-electron chi connectivity index (χ4n) is 4.80. The molecule has 0 unspecified atom stereocenters. The molecule has 0 spiro atoms. The van der Waals surface area contributed by atoms with Crippen LogP contribution in [0.25, 0.3) is 10.9 Å². The minimum absolute atomic E-state index is 0.0733. The minimum Gasteiger partial charge on any atom is -0.497 e. The lowest BCUT2D eigenvalue weighted by Crippen LogP contribution is -2.45. The number of fused-ring (bicyclic) bond motifs is 1. The van der Waals surface area contributed by atoms with E-state index in [2.05, 4.69) is 21.3 Å². The zero-order valence-corrected chi connectivity index (χ0v) is 21.4. The van der Waals surface area contributed by atoms with Crippen molar-refractivity contribution in [3.8, 4) is 5.75 Å². The SMILES string of the molecule is COc1ccc2ncc(CO)c([C@@H](F)CCC3(C(=O)O)CCN(CCSc4cccs4)CC3)c2c1. The van der Waals surface area contributed by atoms with Crippen LogP contribution in [0.1, 0.15) is 43.0 Å². The highest BCUT2D eigenvalue weighted by Gasteiger charge is 2.41. The Morgan fingerprint density at radius 1 is 1.34 bits per heavy atom. The summed E-state index contributed by atoms with van der Waals surface area (Å²) in [6, 6.07) is 9.40. The largest absolute Gasteiger partial charge is 0.497 e. The number of hydrogen-bond acceptors (Lipinski definition) is 7. The number of thioether (sulfide) groups is 1. The Hall–Kier alpha value is -2.20. The fraction of sp³-hybridized carbons (Fsp3) is 0.462. The van der Waals surface area contributed by atoms with E-state index >= 15 is 4.39 Å². The fourth-order valence-corrected chi connectivity index (χ4v) is 6.66.